The molecule has 1 heterocycles. The molecule has 0 aliphatic carbocycles. The molecule has 1 rings (SSSR count). The van der Waals surface area contributed by atoms with E-state index in [9.17, 15) is 0 Å². The predicted molar refractivity (Wildman–Crippen MR) is 58.0 cm³/mol. The minimum absolute atomic E-state index is 0.320. The van der Waals surface area contributed by atoms with E-state index in [1.54, 1.807) is 0 Å². The summed E-state index contributed by atoms with van der Waals surface area (Å²) in [5.41, 5.74) is 0.320. The number of rotatable bonds is 1. The predicted octanol–water partition coefficient (Wildman–Crippen LogP) is 1.81. The van der Waals surface area contributed by atoms with Gasteiger partial charge in [0.05, 0.1) is 0 Å². The maximum atomic E-state index is 2.53. The highest BCUT2D eigenvalue weighted by atomic mass is 15.2. The van der Waals surface area contributed by atoms with E-state index >= 15 is 0 Å². The molecule has 0 saturated carbocycles. The van der Waals surface area contributed by atoms with Gasteiger partial charge in [0.25, 0.3) is 0 Å². The van der Waals surface area contributed by atoms with E-state index in [0.717, 1.165) is 6.04 Å². The van der Waals surface area contributed by atoms with E-state index in [2.05, 4.69) is 44.7 Å². The third-order valence-electron chi connectivity index (χ3n) is 3.29. The summed E-state index contributed by atoms with van der Waals surface area (Å²) < 4.78 is 0. The monoisotopic (exact) mass is 184 g/mol. The lowest BCUT2D eigenvalue weighted by Gasteiger charge is -2.42. The molecule has 2 heteroatoms. The van der Waals surface area contributed by atoms with Gasteiger partial charge < -0.3 is 4.90 Å². The fourth-order valence-corrected chi connectivity index (χ4v) is 1.93. The van der Waals surface area contributed by atoms with E-state index in [0.29, 0.717) is 5.54 Å². The Bertz CT molecular complexity index is 152. The molecule has 78 valence electrons. The van der Waals surface area contributed by atoms with Gasteiger partial charge in [-0.15, -0.1) is 0 Å². The minimum Gasteiger partial charge on any atom is -0.306 e. The number of hydrogen-bond donors (Lipinski definition) is 0. The first-order valence-electron chi connectivity index (χ1n) is 5.33. The average molecular weight is 184 g/mol. The van der Waals surface area contributed by atoms with Gasteiger partial charge in [0.1, 0.15) is 0 Å². The van der Waals surface area contributed by atoms with Crippen molar-refractivity contribution in [3.05, 3.63) is 0 Å². The van der Waals surface area contributed by atoms with Crippen LogP contribution in [0.3, 0.4) is 0 Å². The van der Waals surface area contributed by atoms with Crippen molar-refractivity contribution in [1.82, 2.24) is 9.80 Å². The molecule has 0 unspecified atom stereocenters. The topological polar surface area (TPSA) is 6.48 Å². The Labute approximate surface area is 82.9 Å². The van der Waals surface area contributed by atoms with E-state index in [1.165, 1.54) is 25.9 Å². The third-order valence-corrected chi connectivity index (χ3v) is 3.29. The van der Waals surface area contributed by atoms with Crippen molar-refractivity contribution in [1.29, 1.82) is 0 Å². The van der Waals surface area contributed by atoms with Gasteiger partial charge in [-0.1, -0.05) is 0 Å². The molecule has 0 aromatic carbocycles. The SMILES string of the molecule is CN1CCC(N(C)C(C)(C)C)CC1. The highest BCUT2D eigenvalue weighted by Gasteiger charge is 2.27. The standard InChI is InChI=1S/C11H24N2/c1-11(2,3)13(5)10-6-8-12(4)9-7-10/h10H,6-9H2,1-5H3. The van der Waals surface area contributed by atoms with Crippen LogP contribution in [-0.2, 0) is 0 Å². The third kappa shape index (κ3) is 2.96. The largest absolute Gasteiger partial charge is 0.306 e. The molecule has 0 bridgehead atoms. The van der Waals surface area contributed by atoms with Gasteiger partial charge in [0.15, 0.2) is 0 Å². The average Bonchev–Trinajstić information content (AvgIpc) is 2.03. The van der Waals surface area contributed by atoms with Crippen molar-refractivity contribution in [2.45, 2.75) is 45.2 Å². The van der Waals surface area contributed by atoms with Gasteiger partial charge in [0, 0.05) is 11.6 Å². The van der Waals surface area contributed by atoms with Gasteiger partial charge in [-0.05, 0) is 60.8 Å². The summed E-state index contributed by atoms with van der Waals surface area (Å²) in [5, 5.41) is 0. The Morgan fingerprint density at radius 3 is 2.00 bits per heavy atom. The zero-order chi connectivity index (χ0) is 10.1. The quantitative estimate of drug-likeness (QED) is 0.613. The van der Waals surface area contributed by atoms with Gasteiger partial charge in [0.2, 0.25) is 0 Å². The van der Waals surface area contributed by atoms with Crippen LogP contribution in [0.4, 0.5) is 0 Å². The number of nitrogens with zero attached hydrogens (tertiary/aromatic N) is 2. The second-order valence-electron chi connectivity index (χ2n) is 5.32. The van der Waals surface area contributed by atoms with Crippen LogP contribution in [-0.4, -0.2) is 48.6 Å². The molecular weight excluding hydrogens is 160 g/mol. The number of hydrogen-bond acceptors (Lipinski definition) is 2. The van der Waals surface area contributed by atoms with Crippen LogP contribution in [0.1, 0.15) is 33.6 Å². The summed E-state index contributed by atoms with van der Waals surface area (Å²) in [5.74, 6) is 0. The summed E-state index contributed by atoms with van der Waals surface area (Å²) in [6.45, 7) is 9.40. The van der Waals surface area contributed by atoms with Gasteiger partial charge in [-0.25, -0.2) is 0 Å². The molecule has 0 amide bonds. The first kappa shape index (κ1) is 11.0. The molecule has 1 fully saturated rings. The lowest BCUT2D eigenvalue weighted by Crippen LogP contribution is -2.49. The molecule has 0 atom stereocenters. The second kappa shape index (κ2) is 3.97. The summed E-state index contributed by atoms with van der Waals surface area (Å²) >= 11 is 0. The molecular formula is C11H24N2. The van der Waals surface area contributed by atoms with E-state index in [4.69, 9.17) is 0 Å². The molecule has 0 radical (unpaired) electrons. The summed E-state index contributed by atoms with van der Waals surface area (Å²) in [6, 6.07) is 0.788. The van der Waals surface area contributed by atoms with Crippen molar-refractivity contribution in [3.8, 4) is 0 Å². The van der Waals surface area contributed by atoms with E-state index in [1.807, 2.05) is 0 Å². The maximum Gasteiger partial charge on any atom is 0.0124 e. The highest BCUT2D eigenvalue weighted by molar-refractivity contribution is 4.83. The normalized spacial score (nSPS) is 22.6. The van der Waals surface area contributed by atoms with Gasteiger partial charge >= 0.3 is 0 Å². The van der Waals surface area contributed by atoms with E-state index in [-0.39, 0.29) is 0 Å². The minimum atomic E-state index is 0.320. The Hall–Kier alpha value is -0.0800. The van der Waals surface area contributed by atoms with Crippen LogP contribution in [0.25, 0.3) is 0 Å². The molecule has 0 aromatic rings. The van der Waals surface area contributed by atoms with Crippen LogP contribution < -0.4 is 0 Å². The van der Waals surface area contributed by atoms with Crippen molar-refractivity contribution in [2.75, 3.05) is 27.2 Å². The van der Waals surface area contributed by atoms with Crippen molar-refractivity contribution in [3.63, 3.8) is 0 Å². The highest BCUT2D eigenvalue weighted by Crippen LogP contribution is 2.21. The molecule has 13 heavy (non-hydrogen) atoms. The Morgan fingerprint density at radius 1 is 1.15 bits per heavy atom. The van der Waals surface area contributed by atoms with Crippen LogP contribution in [0.5, 0.6) is 0 Å². The smallest absolute Gasteiger partial charge is 0.0124 e. The van der Waals surface area contributed by atoms with Crippen molar-refractivity contribution in [2.24, 2.45) is 0 Å². The molecule has 1 aliphatic heterocycles. The number of piperidine rings is 1. The van der Waals surface area contributed by atoms with E-state index < -0.39 is 0 Å². The zero-order valence-corrected chi connectivity index (χ0v) is 9.80. The molecule has 0 spiro atoms. The fraction of sp³-hybridized carbons (Fsp3) is 1.00. The first-order chi connectivity index (χ1) is 5.91. The van der Waals surface area contributed by atoms with Gasteiger partial charge in [-0.3, -0.25) is 4.90 Å². The molecule has 0 N–H and O–H groups in total. The lowest BCUT2D eigenvalue weighted by atomic mass is 9.98. The van der Waals surface area contributed by atoms with Crippen LogP contribution in [0.15, 0.2) is 0 Å². The maximum absolute atomic E-state index is 2.53. The summed E-state index contributed by atoms with van der Waals surface area (Å²) in [4.78, 5) is 4.95. The zero-order valence-electron chi connectivity index (χ0n) is 9.80. The van der Waals surface area contributed by atoms with Crippen molar-refractivity contribution < 1.29 is 0 Å². The second-order valence-corrected chi connectivity index (χ2v) is 5.32. The fourth-order valence-electron chi connectivity index (χ4n) is 1.93. The molecule has 1 saturated heterocycles. The molecule has 0 aromatic heterocycles. The first-order valence-corrected chi connectivity index (χ1v) is 5.33. The molecule has 2 nitrogen and oxygen atoms in total. The van der Waals surface area contributed by atoms with Crippen LogP contribution >= 0.6 is 0 Å². The molecule has 1 aliphatic rings. The Morgan fingerprint density at radius 2 is 1.62 bits per heavy atom. The van der Waals surface area contributed by atoms with Gasteiger partial charge in [-0.2, -0.15) is 0 Å². The van der Waals surface area contributed by atoms with Crippen molar-refractivity contribution >= 4 is 0 Å². The summed E-state index contributed by atoms with van der Waals surface area (Å²) in [7, 11) is 4.48. The van der Waals surface area contributed by atoms with Crippen LogP contribution in [0.2, 0.25) is 0 Å². The Kier molecular flexibility index (Phi) is 3.36. The Balaban J connectivity index is 2.45. The summed E-state index contributed by atoms with van der Waals surface area (Å²) in [6.07, 6.45) is 2.65. The van der Waals surface area contributed by atoms with Crippen LogP contribution in [0, 0.1) is 0 Å². The lowest BCUT2D eigenvalue weighted by molar-refractivity contribution is 0.0713. The number of likely N-dealkylation sites (tertiary alicyclic amines) is 1.